The highest BCUT2D eigenvalue weighted by atomic mass is 16.4. The number of aliphatic hydroxyl groups excluding tert-OH is 2. The van der Waals surface area contributed by atoms with Crippen LogP contribution in [0.15, 0.2) is 11.6 Å². The summed E-state index contributed by atoms with van der Waals surface area (Å²) in [6, 6.07) is 0. The van der Waals surface area contributed by atoms with E-state index >= 15 is 0 Å². The van der Waals surface area contributed by atoms with Crippen LogP contribution in [-0.4, -0.2) is 40.3 Å². The highest BCUT2D eigenvalue weighted by molar-refractivity contribution is 5.88. The minimum absolute atomic E-state index is 0.0108. The monoisotopic (exact) mass is 280 g/mol. The molecule has 0 heterocycles. The molecule has 110 valence electrons. The van der Waals surface area contributed by atoms with E-state index in [0.29, 0.717) is 12.8 Å². The highest BCUT2D eigenvalue weighted by Gasteiger charge is 2.69. The second-order valence-corrected chi connectivity index (χ2v) is 6.78. The van der Waals surface area contributed by atoms with Gasteiger partial charge in [0.1, 0.15) is 6.29 Å². The van der Waals surface area contributed by atoms with Gasteiger partial charge in [0.25, 0.3) is 0 Å². The first-order valence-electron chi connectivity index (χ1n) is 7.11. The lowest BCUT2D eigenvalue weighted by Crippen LogP contribution is -2.43. The van der Waals surface area contributed by atoms with Gasteiger partial charge in [-0.05, 0) is 37.2 Å². The fraction of sp³-hybridized carbons (Fsp3) is 0.733. The Morgan fingerprint density at radius 1 is 1.50 bits per heavy atom. The summed E-state index contributed by atoms with van der Waals surface area (Å²) in [6.07, 6.45) is 3.35. The summed E-state index contributed by atoms with van der Waals surface area (Å²) >= 11 is 0. The van der Waals surface area contributed by atoms with Gasteiger partial charge in [-0.25, -0.2) is 4.79 Å². The van der Waals surface area contributed by atoms with Crippen LogP contribution < -0.4 is 0 Å². The average Bonchev–Trinajstić information content (AvgIpc) is 2.88. The summed E-state index contributed by atoms with van der Waals surface area (Å²) in [7, 11) is 0. The SMILES string of the molecule is C[C@]1(CO)[C@H]2C[C@@]3([C@H](C=O)CC[C@@H]13)[C@@H](O)C=C2C(=O)O. The first kappa shape index (κ1) is 13.8. The van der Waals surface area contributed by atoms with Gasteiger partial charge < -0.3 is 20.1 Å². The van der Waals surface area contributed by atoms with E-state index < -0.39 is 22.9 Å². The Labute approximate surface area is 117 Å². The number of hydrogen-bond donors (Lipinski definition) is 3. The van der Waals surface area contributed by atoms with E-state index in [9.17, 15) is 24.9 Å². The molecule has 5 nitrogen and oxygen atoms in total. The Bertz CT molecular complexity index is 498. The molecule has 0 unspecified atom stereocenters. The van der Waals surface area contributed by atoms with Crippen LogP contribution in [0.1, 0.15) is 26.2 Å². The van der Waals surface area contributed by atoms with Crippen LogP contribution in [-0.2, 0) is 9.59 Å². The van der Waals surface area contributed by atoms with Gasteiger partial charge in [0.2, 0.25) is 0 Å². The third kappa shape index (κ3) is 1.35. The smallest absolute Gasteiger partial charge is 0.331 e. The van der Waals surface area contributed by atoms with Crippen molar-refractivity contribution in [2.45, 2.75) is 32.3 Å². The second kappa shape index (κ2) is 4.15. The zero-order valence-electron chi connectivity index (χ0n) is 11.5. The van der Waals surface area contributed by atoms with E-state index in [4.69, 9.17) is 0 Å². The molecule has 2 saturated carbocycles. The predicted molar refractivity (Wildman–Crippen MR) is 69.7 cm³/mol. The van der Waals surface area contributed by atoms with E-state index in [1.165, 1.54) is 6.08 Å². The van der Waals surface area contributed by atoms with E-state index in [1.807, 2.05) is 6.92 Å². The standard InChI is InChI=1S/C15H20O5/c1-14(7-17)10-5-15(8(6-16)2-3-11(14)15)12(18)4-9(10)13(19)20/h4,6,8,10-12,17-18H,2-3,5,7H2,1H3,(H,19,20)/t8-,10-,11-,12-,14-,15-/m0/s1. The van der Waals surface area contributed by atoms with Crippen LogP contribution in [0.3, 0.4) is 0 Å². The van der Waals surface area contributed by atoms with Crippen LogP contribution in [0.2, 0.25) is 0 Å². The minimum atomic E-state index is -1.04. The van der Waals surface area contributed by atoms with Gasteiger partial charge in [0, 0.05) is 28.9 Å². The van der Waals surface area contributed by atoms with Crippen molar-refractivity contribution in [1.29, 1.82) is 0 Å². The van der Waals surface area contributed by atoms with Crippen molar-refractivity contribution in [3.63, 3.8) is 0 Å². The topological polar surface area (TPSA) is 94.8 Å². The average molecular weight is 280 g/mol. The Kier molecular flexibility index (Phi) is 2.86. The van der Waals surface area contributed by atoms with Crippen molar-refractivity contribution in [1.82, 2.24) is 0 Å². The van der Waals surface area contributed by atoms with Crippen LogP contribution in [0.25, 0.3) is 0 Å². The quantitative estimate of drug-likeness (QED) is 0.658. The lowest BCUT2D eigenvalue weighted by atomic mass is 9.66. The number of carboxylic acid groups (broad SMARTS) is 1. The third-order valence-electron chi connectivity index (χ3n) is 6.27. The number of aliphatic carboxylic acids is 1. The summed E-state index contributed by atoms with van der Waals surface area (Å²) in [5.41, 5.74) is -0.957. The molecule has 0 aliphatic heterocycles. The van der Waals surface area contributed by atoms with Crippen LogP contribution in [0, 0.1) is 28.6 Å². The molecule has 0 aromatic rings. The Morgan fingerprint density at radius 3 is 2.75 bits per heavy atom. The molecule has 0 aromatic heterocycles. The number of fused-ring (bicyclic) bond motifs is 1. The molecule has 0 saturated heterocycles. The largest absolute Gasteiger partial charge is 0.478 e. The molecule has 5 heteroatoms. The van der Waals surface area contributed by atoms with Gasteiger partial charge >= 0.3 is 5.97 Å². The maximum atomic E-state index is 11.4. The lowest BCUT2D eigenvalue weighted by molar-refractivity contribution is -0.134. The maximum Gasteiger partial charge on any atom is 0.331 e. The molecule has 3 N–H and O–H groups in total. The Balaban J connectivity index is 2.17. The molecule has 0 radical (unpaired) electrons. The van der Waals surface area contributed by atoms with Crippen molar-refractivity contribution in [3.8, 4) is 0 Å². The van der Waals surface area contributed by atoms with Crippen molar-refractivity contribution >= 4 is 12.3 Å². The molecule has 3 rings (SSSR count). The first-order valence-corrected chi connectivity index (χ1v) is 7.11. The minimum Gasteiger partial charge on any atom is -0.478 e. The molecule has 3 aliphatic rings. The molecular formula is C15H20O5. The van der Waals surface area contributed by atoms with Gasteiger partial charge in [-0.15, -0.1) is 0 Å². The van der Waals surface area contributed by atoms with Gasteiger partial charge in [-0.3, -0.25) is 0 Å². The maximum absolute atomic E-state index is 11.4. The zero-order valence-corrected chi connectivity index (χ0v) is 11.5. The summed E-state index contributed by atoms with van der Waals surface area (Å²) in [4.78, 5) is 22.8. The number of hydrogen-bond acceptors (Lipinski definition) is 4. The number of aliphatic hydroxyl groups is 2. The number of aldehydes is 1. The molecule has 1 spiro atoms. The van der Waals surface area contributed by atoms with E-state index in [2.05, 4.69) is 0 Å². The number of carboxylic acids is 1. The molecule has 2 bridgehead atoms. The second-order valence-electron chi connectivity index (χ2n) is 6.78. The molecule has 20 heavy (non-hydrogen) atoms. The van der Waals surface area contributed by atoms with Gasteiger partial charge in [0.05, 0.1) is 6.10 Å². The van der Waals surface area contributed by atoms with Crippen molar-refractivity contribution < 1.29 is 24.9 Å². The van der Waals surface area contributed by atoms with Crippen molar-refractivity contribution in [2.24, 2.45) is 28.6 Å². The highest BCUT2D eigenvalue weighted by Crippen LogP contribution is 2.70. The summed E-state index contributed by atoms with van der Waals surface area (Å²) in [5.74, 6) is -1.58. The van der Waals surface area contributed by atoms with Crippen molar-refractivity contribution in [2.75, 3.05) is 6.61 Å². The molecule has 2 fully saturated rings. The fourth-order valence-electron chi connectivity index (χ4n) is 5.30. The van der Waals surface area contributed by atoms with Gasteiger partial charge in [0.15, 0.2) is 0 Å². The molecule has 0 aromatic carbocycles. The number of rotatable bonds is 3. The van der Waals surface area contributed by atoms with Crippen LogP contribution in [0.5, 0.6) is 0 Å². The van der Waals surface area contributed by atoms with E-state index in [1.54, 1.807) is 0 Å². The van der Waals surface area contributed by atoms with Crippen LogP contribution >= 0.6 is 0 Å². The third-order valence-corrected chi connectivity index (χ3v) is 6.27. The zero-order chi connectivity index (χ0) is 14.7. The molecule has 3 aliphatic carbocycles. The van der Waals surface area contributed by atoms with Gasteiger partial charge in [-0.1, -0.05) is 6.92 Å². The van der Waals surface area contributed by atoms with Crippen molar-refractivity contribution in [3.05, 3.63) is 11.6 Å². The van der Waals surface area contributed by atoms with Crippen LogP contribution in [0.4, 0.5) is 0 Å². The fourth-order valence-corrected chi connectivity index (χ4v) is 5.30. The first-order chi connectivity index (χ1) is 9.41. The Morgan fingerprint density at radius 2 is 2.20 bits per heavy atom. The van der Waals surface area contributed by atoms with E-state index in [0.717, 1.165) is 12.7 Å². The lowest BCUT2D eigenvalue weighted by Gasteiger charge is -2.40. The molecular weight excluding hydrogens is 260 g/mol. The van der Waals surface area contributed by atoms with E-state index in [-0.39, 0.29) is 29.9 Å². The summed E-state index contributed by atoms with van der Waals surface area (Å²) < 4.78 is 0. The molecule has 6 atom stereocenters. The summed E-state index contributed by atoms with van der Waals surface area (Å²) in [6.45, 7) is 1.78. The predicted octanol–water partition coefficient (Wildman–Crippen LogP) is 0.602. The normalized spacial score (nSPS) is 49.6. The summed E-state index contributed by atoms with van der Waals surface area (Å²) in [5, 5.41) is 29.8. The number of carbonyl (C=O) groups excluding carboxylic acids is 1. The number of carbonyl (C=O) groups is 2. The van der Waals surface area contributed by atoms with Gasteiger partial charge in [-0.2, -0.15) is 0 Å². The molecule has 0 amide bonds. The Hall–Kier alpha value is -1.20.